The van der Waals surface area contributed by atoms with Crippen LogP contribution in [0.25, 0.3) is 0 Å². The summed E-state index contributed by atoms with van der Waals surface area (Å²) >= 11 is 1.26. The predicted octanol–water partition coefficient (Wildman–Crippen LogP) is 0.987. The summed E-state index contributed by atoms with van der Waals surface area (Å²) in [6.45, 7) is 4.35. The van der Waals surface area contributed by atoms with Crippen molar-refractivity contribution in [1.29, 1.82) is 0 Å². The molecular formula is C11H15N5O2S. The number of hydrogen-bond donors (Lipinski definition) is 1. The molecular weight excluding hydrogens is 266 g/mol. The summed E-state index contributed by atoms with van der Waals surface area (Å²) < 4.78 is 3.18. The van der Waals surface area contributed by atoms with E-state index in [2.05, 4.69) is 15.3 Å². The van der Waals surface area contributed by atoms with Crippen molar-refractivity contribution in [2.75, 3.05) is 0 Å². The SMILES string of the molecule is CCCn1c(Sc2c(C=O)c(C)nn2C)n[nH]c1=O. The van der Waals surface area contributed by atoms with Crippen molar-refractivity contribution in [3.63, 3.8) is 0 Å². The third kappa shape index (κ3) is 2.48. The maximum absolute atomic E-state index is 11.6. The van der Waals surface area contributed by atoms with Crippen molar-refractivity contribution in [3.05, 3.63) is 21.7 Å². The van der Waals surface area contributed by atoms with Gasteiger partial charge in [-0.1, -0.05) is 6.92 Å². The minimum atomic E-state index is -0.240. The van der Waals surface area contributed by atoms with Crippen LogP contribution in [-0.4, -0.2) is 30.8 Å². The first-order valence-corrected chi connectivity index (χ1v) is 6.72. The van der Waals surface area contributed by atoms with Crippen LogP contribution < -0.4 is 5.69 Å². The number of hydrogen-bond acceptors (Lipinski definition) is 5. The van der Waals surface area contributed by atoms with Gasteiger partial charge in [-0.15, -0.1) is 5.10 Å². The lowest BCUT2D eigenvalue weighted by atomic mass is 10.3. The van der Waals surface area contributed by atoms with Gasteiger partial charge in [0.25, 0.3) is 0 Å². The van der Waals surface area contributed by atoms with Crippen molar-refractivity contribution >= 4 is 18.0 Å². The minimum Gasteiger partial charge on any atom is -0.298 e. The Bertz CT molecular complexity index is 655. The average molecular weight is 281 g/mol. The number of H-pyrrole nitrogens is 1. The van der Waals surface area contributed by atoms with Gasteiger partial charge in [0.05, 0.1) is 11.3 Å². The molecule has 2 rings (SSSR count). The van der Waals surface area contributed by atoms with E-state index >= 15 is 0 Å². The van der Waals surface area contributed by atoms with Gasteiger partial charge in [-0.3, -0.25) is 14.0 Å². The van der Waals surface area contributed by atoms with Crippen LogP contribution in [0.1, 0.15) is 29.4 Å². The Kier molecular flexibility index (Phi) is 3.89. The molecule has 0 saturated heterocycles. The molecule has 8 heteroatoms. The van der Waals surface area contributed by atoms with Gasteiger partial charge in [0.15, 0.2) is 11.4 Å². The molecule has 2 aromatic rings. The molecule has 0 aliphatic heterocycles. The van der Waals surface area contributed by atoms with Crippen LogP contribution in [0.2, 0.25) is 0 Å². The Morgan fingerprint density at radius 1 is 1.47 bits per heavy atom. The molecule has 0 bridgehead atoms. The van der Waals surface area contributed by atoms with E-state index in [0.29, 0.717) is 28.0 Å². The standard InChI is InChI=1S/C11H15N5O2S/c1-4-5-16-10(18)12-13-11(16)19-9-8(6-17)7(2)14-15(9)3/h6H,4-5H2,1-3H3,(H,12,18). The highest BCUT2D eigenvalue weighted by molar-refractivity contribution is 7.99. The number of nitrogens with one attached hydrogen (secondary N) is 1. The fourth-order valence-electron chi connectivity index (χ4n) is 1.80. The Balaban J connectivity index is 2.42. The Morgan fingerprint density at radius 3 is 2.84 bits per heavy atom. The maximum atomic E-state index is 11.6. The van der Waals surface area contributed by atoms with E-state index in [1.807, 2.05) is 6.92 Å². The zero-order valence-electron chi connectivity index (χ0n) is 11.0. The molecule has 7 nitrogen and oxygen atoms in total. The number of carbonyl (C=O) groups is 1. The summed E-state index contributed by atoms with van der Waals surface area (Å²) in [4.78, 5) is 22.7. The predicted molar refractivity (Wildman–Crippen MR) is 70.6 cm³/mol. The van der Waals surface area contributed by atoms with E-state index in [1.165, 1.54) is 11.8 Å². The topological polar surface area (TPSA) is 85.6 Å². The zero-order chi connectivity index (χ0) is 14.0. The number of aldehydes is 1. The molecule has 2 aromatic heterocycles. The summed E-state index contributed by atoms with van der Waals surface area (Å²) in [6.07, 6.45) is 1.61. The lowest BCUT2D eigenvalue weighted by Gasteiger charge is -2.04. The molecule has 0 amide bonds. The van der Waals surface area contributed by atoms with Gasteiger partial charge >= 0.3 is 5.69 Å². The highest BCUT2D eigenvalue weighted by Crippen LogP contribution is 2.28. The summed E-state index contributed by atoms with van der Waals surface area (Å²) in [5.41, 5.74) is 0.960. The number of aryl methyl sites for hydroxylation is 2. The van der Waals surface area contributed by atoms with Crippen molar-refractivity contribution in [1.82, 2.24) is 24.5 Å². The fourth-order valence-corrected chi connectivity index (χ4v) is 2.83. The van der Waals surface area contributed by atoms with Crippen LogP contribution >= 0.6 is 11.8 Å². The van der Waals surface area contributed by atoms with Gasteiger partial charge in [-0.25, -0.2) is 9.89 Å². The van der Waals surface area contributed by atoms with E-state index < -0.39 is 0 Å². The third-order valence-corrected chi connectivity index (χ3v) is 3.86. The van der Waals surface area contributed by atoms with Gasteiger partial charge in [-0.05, 0) is 25.1 Å². The van der Waals surface area contributed by atoms with Crippen molar-refractivity contribution in [3.8, 4) is 0 Å². The summed E-state index contributed by atoms with van der Waals surface area (Å²) in [6, 6.07) is 0. The van der Waals surface area contributed by atoms with E-state index in [0.717, 1.165) is 12.7 Å². The molecule has 0 unspecified atom stereocenters. The molecule has 0 fully saturated rings. The van der Waals surface area contributed by atoms with Gasteiger partial charge < -0.3 is 0 Å². The number of aromatic amines is 1. The third-order valence-electron chi connectivity index (χ3n) is 2.69. The fraction of sp³-hybridized carbons (Fsp3) is 0.455. The average Bonchev–Trinajstić information content (AvgIpc) is 2.84. The van der Waals surface area contributed by atoms with Crippen LogP contribution in [0.15, 0.2) is 15.0 Å². The van der Waals surface area contributed by atoms with Gasteiger partial charge in [0, 0.05) is 13.6 Å². The highest BCUT2D eigenvalue weighted by Gasteiger charge is 2.17. The number of rotatable bonds is 5. The van der Waals surface area contributed by atoms with Gasteiger partial charge in [0.2, 0.25) is 0 Å². The molecule has 0 aliphatic rings. The summed E-state index contributed by atoms with van der Waals surface area (Å²) in [7, 11) is 1.76. The van der Waals surface area contributed by atoms with Crippen molar-refractivity contribution in [2.24, 2.45) is 7.05 Å². The molecule has 1 N–H and O–H groups in total. The summed E-state index contributed by atoms with van der Waals surface area (Å²) in [5.74, 6) is 0. The number of aromatic nitrogens is 5. The van der Waals surface area contributed by atoms with Crippen LogP contribution in [0.5, 0.6) is 0 Å². The second kappa shape index (κ2) is 5.43. The molecule has 19 heavy (non-hydrogen) atoms. The molecule has 0 radical (unpaired) electrons. The molecule has 102 valence electrons. The molecule has 0 saturated carbocycles. The number of nitrogens with zero attached hydrogens (tertiary/aromatic N) is 4. The Labute approximate surface area is 114 Å². The first kappa shape index (κ1) is 13.6. The zero-order valence-corrected chi connectivity index (χ0v) is 11.8. The summed E-state index contributed by atoms with van der Waals surface area (Å²) in [5, 5.41) is 11.8. The van der Waals surface area contributed by atoms with Crippen LogP contribution in [0, 0.1) is 6.92 Å². The Hall–Kier alpha value is -1.83. The molecule has 0 aromatic carbocycles. The maximum Gasteiger partial charge on any atom is 0.343 e. The lowest BCUT2D eigenvalue weighted by Crippen LogP contribution is -2.17. The Morgan fingerprint density at radius 2 is 2.21 bits per heavy atom. The first-order chi connectivity index (χ1) is 9.08. The smallest absolute Gasteiger partial charge is 0.298 e. The molecule has 0 aliphatic carbocycles. The minimum absolute atomic E-state index is 0.240. The first-order valence-electron chi connectivity index (χ1n) is 5.90. The monoisotopic (exact) mass is 281 g/mol. The van der Waals surface area contributed by atoms with Crippen molar-refractivity contribution < 1.29 is 4.79 Å². The molecule has 2 heterocycles. The van der Waals surface area contributed by atoms with Crippen LogP contribution in [0.4, 0.5) is 0 Å². The molecule has 0 atom stereocenters. The van der Waals surface area contributed by atoms with E-state index in [9.17, 15) is 9.59 Å². The van der Waals surface area contributed by atoms with E-state index in [-0.39, 0.29) is 5.69 Å². The highest BCUT2D eigenvalue weighted by atomic mass is 32.2. The van der Waals surface area contributed by atoms with Gasteiger partial charge in [-0.2, -0.15) is 5.10 Å². The second-order valence-electron chi connectivity index (χ2n) is 4.11. The van der Waals surface area contributed by atoms with E-state index in [4.69, 9.17) is 0 Å². The van der Waals surface area contributed by atoms with Crippen LogP contribution in [-0.2, 0) is 13.6 Å². The van der Waals surface area contributed by atoms with Crippen LogP contribution in [0.3, 0.4) is 0 Å². The molecule has 0 spiro atoms. The quantitative estimate of drug-likeness (QED) is 0.826. The largest absolute Gasteiger partial charge is 0.343 e. The van der Waals surface area contributed by atoms with Gasteiger partial charge in [0.1, 0.15) is 5.03 Å². The lowest BCUT2D eigenvalue weighted by molar-refractivity contribution is 0.112. The second-order valence-corrected chi connectivity index (χ2v) is 5.07. The normalized spacial score (nSPS) is 10.9. The van der Waals surface area contributed by atoms with E-state index in [1.54, 1.807) is 23.2 Å². The number of carbonyl (C=O) groups excluding carboxylic acids is 1. The van der Waals surface area contributed by atoms with Crippen molar-refractivity contribution in [2.45, 2.75) is 37.0 Å².